The Morgan fingerprint density at radius 1 is 1.56 bits per heavy atom. The predicted octanol–water partition coefficient (Wildman–Crippen LogP) is 1.29. The van der Waals surface area contributed by atoms with Crippen molar-refractivity contribution in [2.75, 3.05) is 0 Å². The lowest BCUT2D eigenvalue weighted by molar-refractivity contribution is -0.151. The fraction of sp³-hybridized carbons (Fsp3) is 1.00. The quantitative estimate of drug-likeness (QED) is 0.537. The van der Waals surface area contributed by atoms with Gasteiger partial charge < -0.3 is 5.73 Å². The van der Waals surface area contributed by atoms with Gasteiger partial charge in [0.2, 0.25) is 0 Å². The highest BCUT2D eigenvalue weighted by atomic mass is 19.4. The summed E-state index contributed by atoms with van der Waals surface area (Å²) in [4.78, 5) is 0. The molecule has 0 radical (unpaired) electrons. The third-order valence-corrected chi connectivity index (χ3v) is 1.67. The van der Waals surface area contributed by atoms with Crippen LogP contribution in [0.3, 0.4) is 0 Å². The van der Waals surface area contributed by atoms with Gasteiger partial charge in [0.1, 0.15) is 0 Å². The molecule has 1 rings (SSSR count). The molecule has 54 valence electrons. The number of alkyl halides is 3. The van der Waals surface area contributed by atoms with Crippen LogP contribution in [-0.4, -0.2) is 11.7 Å². The van der Waals surface area contributed by atoms with Crippen LogP contribution in [0.25, 0.3) is 0 Å². The van der Waals surface area contributed by atoms with Gasteiger partial charge in [-0.3, -0.25) is 0 Å². The van der Waals surface area contributed by atoms with E-state index in [-0.39, 0.29) is 6.42 Å². The molecule has 1 fully saturated rings. The number of nitrogens with two attached hydrogens (primary N) is 1. The first kappa shape index (κ1) is 6.86. The van der Waals surface area contributed by atoms with Gasteiger partial charge >= 0.3 is 6.18 Å². The van der Waals surface area contributed by atoms with Gasteiger partial charge in [0.25, 0.3) is 0 Å². The smallest absolute Gasteiger partial charge is 0.325 e. The predicted molar refractivity (Wildman–Crippen MR) is 26.8 cm³/mol. The van der Waals surface area contributed by atoms with E-state index in [1.807, 2.05) is 0 Å². The highest BCUT2D eigenvalue weighted by Gasteiger charge is 2.61. The second-order valence-electron chi connectivity index (χ2n) is 2.80. The average Bonchev–Trinajstić information content (AvgIpc) is 2.10. The largest absolute Gasteiger partial charge is 0.393 e. The van der Waals surface area contributed by atoms with Gasteiger partial charge in [0, 0.05) is 5.54 Å². The molecule has 2 N–H and O–H groups in total. The topological polar surface area (TPSA) is 26.0 Å². The van der Waals surface area contributed by atoms with E-state index in [1.165, 1.54) is 6.92 Å². The van der Waals surface area contributed by atoms with E-state index in [4.69, 9.17) is 5.73 Å². The normalized spacial score (nSPS) is 43.0. The minimum atomic E-state index is -4.08. The van der Waals surface area contributed by atoms with E-state index < -0.39 is 17.6 Å². The zero-order chi connectivity index (χ0) is 7.28. The molecule has 1 saturated carbocycles. The van der Waals surface area contributed by atoms with E-state index >= 15 is 0 Å². The van der Waals surface area contributed by atoms with Crippen LogP contribution >= 0.6 is 0 Å². The summed E-state index contributed by atoms with van der Waals surface area (Å²) in [6.07, 6.45) is -4.00. The number of hydrogen-bond acceptors (Lipinski definition) is 1. The Bertz CT molecular complexity index is 127. The molecular formula is C5H8F3N. The van der Waals surface area contributed by atoms with Crippen molar-refractivity contribution in [1.29, 1.82) is 0 Å². The maximum atomic E-state index is 11.7. The lowest BCUT2D eigenvalue weighted by Gasteiger charge is -2.06. The van der Waals surface area contributed by atoms with Gasteiger partial charge in [0.05, 0.1) is 5.92 Å². The lowest BCUT2D eigenvalue weighted by atomic mass is 10.2. The van der Waals surface area contributed by atoms with Crippen LogP contribution in [-0.2, 0) is 0 Å². The van der Waals surface area contributed by atoms with Crippen molar-refractivity contribution < 1.29 is 13.2 Å². The molecule has 0 spiro atoms. The molecule has 0 aromatic heterocycles. The molecule has 0 heterocycles. The van der Waals surface area contributed by atoms with Crippen LogP contribution < -0.4 is 5.73 Å². The average molecular weight is 139 g/mol. The van der Waals surface area contributed by atoms with E-state index in [0.717, 1.165) is 0 Å². The zero-order valence-electron chi connectivity index (χ0n) is 5.00. The first-order valence-corrected chi connectivity index (χ1v) is 2.69. The van der Waals surface area contributed by atoms with Gasteiger partial charge in [-0.05, 0) is 13.3 Å². The van der Waals surface area contributed by atoms with Gasteiger partial charge in [-0.15, -0.1) is 0 Å². The summed E-state index contributed by atoms with van der Waals surface area (Å²) in [6.45, 7) is 1.42. The Labute approximate surface area is 51.0 Å². The standard InChI is InChI=1S/C5H8F3N/c1-4(9)2-3(4)5(6,7)8/h3H,2,9H2,1H3/t3-,4+/m0/s1. The molecular weight excluding hydrogens is 131 g/mol. The molecule has 0 bridgehead atoms. The van der Waals surface area contributed by atoms with E-state index in [2.05, 4.69) is 0 Å². The van der Waals surface area contributed by atoms with Crippen molar-refractivity contribution in [3.63, 3.8) is 0 Å². The summed E-state index contributed by atoms with van der Waals surface area (Å²) in [7, 11) is 0. The summed E-state index contributed by atoms with van der Waals surface area (Å²) in [5.41, 5.74) is 4.20. The molecule has 9 heavy (non-hydrogen) atoms. The van der Waals surface area contributed by atoms with Crippen LogP contribution in [0.15, 0.2) is 0 Å². The van der Waals surface area contributed by atoms with Crippen molar-refractivity contribution in [2.45, 2.75) is 25.1 Å². The minimum Gasteiger partial charge on any atom is -0.325 e. The van der Waals surface area contributed by atoms with Crippen LogP contribution in [0.1, 0.15) is 13.3 Å². The number of rotatable bonds is 0. The van der Waals surface area contributed by atoms with Gasteiger partial charge in [-0.2, -0.15) is 13.2 Å². The number of hydrogen-bond donors (Lipinski definition) is 1. The summed E-state index contributed by atoms with van der Waals surface area (Å²) in [5, 5.41) is 0. The van der Waals surface area contributed by atoms with Crippen molar-refractivity contribution >= 4 is 0 Å². The molecule has 0 aromatic rings. The Morgan fingerprint density at radius 2 is 1.89 bits per heavy atom. The van der Waals surface area contributed by atoms with Crippen LogP contribution in [0, 0.1) is 5.92 Å². The fourth-order valence-corrected chi connectivity index (χ4v) is 0.871. The summed E-state index contributed by atoms with van der Waals surface area (Å²) in [5.74, 6) is -1.26. The fourth-order valence-electron chi connectivity index (χ4n) is 0.871. The SMILES string of the molecule is C[C@@]1(N)C[C@@H]1C(F)(F)F. The monoisotopic (exact) mass is 139 g/mol. The van der Waals surface area contributed by atoms with Crippen molar-refractivity contribution in [3.8, 4) is 0 Å². The Morgan fingerprint density at radius 3 is 1.89 bits per heavy atom. The zero-order valence-corrected chi connectivity index (χ0v) is 5.00. The summed E-state index contributed by atoms with van der Waals surface area (Å²) >= 11 is 0. The maximum absolute atomic E-state index is 11.7. The maximum Gasteiger partial charge on any atom is 0.393 e. The van der Waals surface area contributed by atoms with Gasteiger partial charge in [-0.25, -0.2) is 0 Å². The minimum absolute atomic E-state index is 0.0799. The van der Waals surface area contributed by atoms with E-state index in [9.17, 15) is 13.2 Å². The van der Waals surface area contributed by atoms with E-state index in [0.29, 0.717) is 0 Å². The van der Waals surface area contributed by atoms with Crippen LogP contribution in [0.2, 0.25) is 0 Å². The first-order chi connectivity index (χ1) is 3.84. The second kappa shape index (κ2) is 1.42. The van der Waals surface area contributed by atoms with Crippen molar-refractivity contribution in [1.82, 2.24) is 0 Å². The van der Waals surface area contributed by atoms with Gasteiger partial charge in [-0.1, -0.05) is 0 Å². The molecule has 4 heteroatoms. The van der Waals surface area contributed by atoms with Crippen LogP contribution in [0.4, 0.5) is 13.2 Å². The van der Waals surface area contributed by atoms with Gasteiger partial charge in [0.15, 0.2) is 0 Å². The Balaban J connectivity index is 2.52. The number of halogens is 3. The first-order valence-electron chi connectivity index (χ1n) is 2.69. The highest BCUT2D eigenvalue weighted by Crippen LogP contribution is 2.51. The van der Waals surface area contributed by atoms with Crippen LogP contribution in [0.5, 0.6) is 0 Å². The molecule has 1 nitrogen and oxygen atoms in total. The molecule has 1 aliphatic rings. The lowest BCUT2D eigenvalue weighted by Crippen LogP contribution is -2.27. The van der Waals surface area contributed by atoms with E-state index in [1.54, 1.807) is 0 Å². The third-order valence-electron chi connectivity index (χ3n) is 1.67. The molecule has 1 aliphatic carbocycles. The molecule has 0 aliphatic heterocycles. The Hall–Kier alpha value is -0.250. The molecule has 0 saturated heterocycles. The second-order valence-corrected chi connectivity index (χ2v) is 2.80. The molecule has 2 atom stereocenters. The molecule has 0 amide bonds. The molecule has 0 aromatic carbocycles. The van der Waals surface area contributed by atoms with Crippen molar-refractivity contribution in [2.24, 2.45) is 11.7 Å². The van der Waals surface area contributed by atoms with Crippen molar-refractivity contribution in [3.05, 3.63) is 0 Å². The summed E-state index contributed by atoms with van der Waals surface area (Å²) < 4.78 is 35.0. The summed E-state index contributed by atoms with van der Waals surface area (Å²) in [6, 6.07) is 0. The highest BCUT2D eigenvalue weighted by molar-refractivity contribution is 5.07. The third kappa shape index (κ3) is 1.18. The molecule has 0 unspecified atom stereocenters. The Kier molecular flexibility index (Phi) is 1.09.